The number of rotatable bonds is 9. The Morgan fingerprint density at radius 2 is 1.67 bits per heavy atom. The number of benzene rings is 1. The van der Waals surface area contributed by atoms with Gasteiger partial charge in [-0.2, -0.15) is 0 Å². The molecule has 30 heavy (non-hydrogen) atoms. The van der Waals surface area contributed by atoms with Crippen molar-refractivity contribution in [1.29, 1.82) is 0 Å². The van der Waals surface area contributed by atoms with Gasteiger partial charge < -0.3 is 0 Å². The van der Waals surface area contributed by atoms with Crippen molar-refractivity contribution in [3.63, 3.8) is 0 Å². The second-order valence-electron chi connectivity index (χ2n) is 11.7. The summed E-state index contributed by atoms with van der Waals surface area (Å²) in [6, 6.07) is 7.45. The van der Waals surface area contributed by atoms with Gasteiger partial charge in [-0.05, 0) is 91.6 Å². The van der Waals surface area contributed by atoms with Crippen LogP contribution in [0.5, 0.6) is 0 Å². The molecular weight excluding hydrogens is 360 g/mol. The van der Waals surface area contributed by atoms with E-state index in [1.165, 1.54) is 95.5 Å². The molecule has 2 saturated carbocycles. The second-order valence-corrected chi connectivity index (χ2v) is 11.7. The van der Waals surface area contributed by atoms with Gasteiger partial charge in [0.15, 0.2) is 0 Å². The Hall–Kier alpha value is -0.780. The van der Waals surface area contributed by atoms with Crippen LogP contribution in [0.2, 0.25) is 0 Å². The van der Waals surface area contributed by atoms with E-state index in [0.29, 0.717) is 5.41 Å². The molecule has 2 fully saturated rings. The minimum absolute atomic E-state index is 0.626. The third-order valence-electron chi connectivity index (χ3n) is 9.96. The lowest BCUT2D eigenvalue weighted by molar-refractivity contribution is 0.00273. The van der Waals surface area contributed by atoms with Crippen molar-refractivity contribution >= 4 is 0 Å². The van der Waals surface area contributed by atoms with Crippen LogP contribution in [0, 0.1) is 36.0 Å². The Labute approximate surface area is 187 Å². The van der Waals surface area contributed by atoms with E-state index in [1.807, 2.05) is 0 Å². The quantitative estimate of drug-likeness (QED) is 0.357. The van der Waals surface area contributed by atoms with Crippen LogP contribution in [0.4, 0.5) is 0 Å². The van der Waals surface area contributed by atoms with Gasteiger partial charge in [-0.3, -0.25) is 0 Å². The van der Waals surface area contributed by atoms with Crippen molar-refractivity contribution in [2.75, 3.05) is 0 Å². The summed E-state index contributed by atoms with van der Waals surface area (Å²) in [4.78, 5) is 0. The van der Waals surface area contributed by atoms with Gasteiger partial charge in [0.05, 0.1) is 0 Å². The van der Waals surface area contributed by atoms with E-state index in [1.54, 1.807) is 11.1 Å². The van der Waals surface area contributed by atoms with Crippen LogP contribution in [0.15, 0.2) is 18.2 Å². The highest BCUT2D eigenvalue weighted by molar-refractivity contribution is 5.38. The molecule has 1 aromatic rings. The van der Waals surface area contributed by atoms with Crippen molar-refractivity contribution in [3.8, 4) is 0 Å². The molecule has 0 saturated heterocycles. The maximum Gasteiger partial charge on any atom is -0.0125 e. The molecule has 0 aromatic heterocycles. The first-order chi connectivity index (χ1) is 14.5. The van der Waals surface area contributed by atoms with E-state index >= 15 is 0 Å². The summed E-state index contributed by atoms with van der Waals surface area (Å²) in [6.45, 7) is 9.84. The van der Waals surface area contributed by atoms with Crippen LogP contribution in [-0.2, 0) is 6.42 Å². The van der Waals surface area contributed by atoms with Crippen LogP contribution < -0.4 is 0 Å². The molecule has 0 heterocycles. The summed E-state index contributed by atoms with van der Waals surface area (Å²) < 4.78 is 0. The zero-order chi connectivity index (χ0) is 21.1. The van der Waals surface area contributed by atoms with E-state index in [4.69, 9.17) is 0 Å². The SMILES string of the molecule is CCCCCCCCCC[C@@H]1Cc2cc(C)ccc2C2CCC3(C)C(C)CCC3C21. The molecule has 3 aliphatic rings. The standard InChI is InChI=1S/C30H48/c1-5-6-7-8-9-10-11-12-13-24-21-25-20-22(2)14-16-26(25)27-18-19-30(4)23(3)15-17-28(30)29(24)27/h14,16,20,23-24,27-29H,5-13,15,17-19,21H2,1-4H3/t23?,24-,27?,28?,29?,30?/m1/s1. The monoisotopic (exact) mass is 408 g/mol. The van der Waals surface area contributed by atoms with Crippen molar-refractivity contribution in [1.82, 2.24) is 0 Å². The normalized spacial score (nSPS) is 35.0. The van der Waals surface area contributed by atoms with Gasteiger partial charge in [0.2, 0.25) is 0 Å². The zero-order valence-electron chi connectivity index (χ0n) is 20.5. The summed E-state index contributed by atoms with van der Waals surface area (Å²) >= 11 is 0. The lowest BCUT2D eigenvalue weighted by Crippen LogP contribution is -2.45. The lowest BCUT2D eigenvalue weighted by atomic mass is 9.51. The molecule has 1 aromatic carbocycles. The average molecular weight is 409 g/mol. The highest BCUT2D eigenvalue weighted by atomic mass is 14.6. The van der Waals surface area contributed by atoms with E-state index in [9.17, 15) is 0 Å². The van der Waals surface area contributed by atoms with Gasteiger partial charge in [0.25, 0.3) is 0 Å². The van der Waals surface area contributed by atoms with Crippen molar-refractivity contribution in [3.05, 3.63) is 34.9 Å². The molecule has 0 aliphatic heterocycles. The maximum atomic E-state index is 2.67. The van der Waals surface area contributed by atoms with E-state index in [-0.39, 0.29) is 0 Å². The summed E-state index contributed by atoms with van der Waals surface area (Å²) in [5.74, 6) is 4.69. The average Bonchev–Trinajstić information content (AvgIpc) is 3.04. The molecule has 3 aliphatic carbocycles. The van der Waals surface area contributed by atoms with Crippen LogP contribution in [0.1, 0.15) is 127 Å². The molecule has 0 N–H and O–H groups in total. The fourth-order valence-corrected chi connectivity index (χ4v) is 8.00. The number of hydrogen-bond donors (Lipinski definition) is 0. The molecule has 0 amide bonds. The molecule has 0 heteroatoms. The Kier molecular flexibility index (Phi) is 7.31. The molecule has 168 valence electrons. The molecule has 0 bridgehead atoms. The van der Waals surface area contributed by atoms with Gasteiger partial charge in [0, 0.05) is 0 Å². The predicted octanol–water partition coefficient (Wildman–Crippen LogP) is 9.24. The van der Waals surface area contributed by atoms with Crippen LogP contribution in [-0.4, -0.2) is 0 Å². The summed E-state index contributed by atoms with van der Waals surface area (Å²) in [7, 11) is 0. The Bertz CT molecular complexity index is 687. The van der Waals surface area contributed by atoms with Crippen molar-refractivity contribution < 1.29 is 0 Å². The van der Waals surface area contributed by atoms with Gasteiger partial charge in [-0.25, -0.2) is 0 Å². The highest BCUT2D eigenvalue weighted by Crippen LogP contribution is 2.64. The molecule has 0 nitrogen and oxygen atoms in total. The summed E-state index contributed by atoms with van der Waals surface area (Å²) in [5.41, 5.74) is 5.56. The highest BCUT2D eigenvalue weighted by Gasteiger charge is 2.55. The van der Waals surface area contributed by atoms with Crippen LogP contribution in [0.25, 0.3) is 0 Å². The Balaban J connectivity index is 1.43. The fraction of sp³-hybridized carbons (Fsp3) is 0.800. The number of fused-ring (bicyclic) bond motifs is 5. The number of aryl methyl sites for hydroxylation is 1. The van der Waals surface area contributed by atoms with Gasteiger partial charge in [-0.15, -0.1) is 0 Å². The van der Waals surface area contributed by atoms with Crippen LogP contribution >= 0.6 is 0 Å². The maximum absolute atomic E-state index is 2.67. The molecule has 5 unspecified atom stereocenters. The van der Waals surface area contributed by atoms with Gasteiger partial charge >= 0.3 is 0 Å². The third-order valence-corrected chi connectivity index (χ3v) is 9.96. The minimum atomic E-state index is 0.626. The van der Waals surface area contributed by atoms with E-state index < -0.39 is 0 Å². The second kappa shape index (κ2) is 9.79. The minimum Gasteiger partial charge on any atom is -0.0654 e. The summed E-state index contributed by atoms with van der Waals surface area (Å²) in [6.07, 6.45) is 20.4. The fourth-order valence-electron chi connectivity index (χ4n) is 8.00. The number of unbranched alkanes of at least 4 members (excludes halogenated alkanes) is 7. The first kappa shape index (κ1) is 22.4. The number of hydrogen-bond acceptors (Lipinski definition) is 0. The molecule has 0 spiro atoms. The molecule has 6 atom stereocenters. The third kappa shape index (κ3) is 4.40. The molecular formula is C30H48. The van der Waals surface area contributed by atoms with Crippen LogP contribution in [0.3, 0.4) is 0 Å². The topological polar surface area (TPSA) is 0 Å². The summed E-state index contributed by atoms with van der Waals surface area (Å²) in [5, 5.41) is 0. The Morgan fingerprint density at radius 1 is 0.933 bits per heavy atom. The first-order valence-electron chi connectivity index (χ1n) is 13.6. The smallest absolute Gasteiger partial charge is 0.0125 e. The predicted molar refractivity (Wildman–Crippen MR) is 131 cm³/mol. The zero-order valence-corrected chi connectivity index (χ0v) is 20.5. The first-order valence-corrected chi connectivity index (χ1v) is 13.6. The van der Waals surface area contributed by atoms with Gasteiger partial charge in [0.1, 0.15) is 0 Å². The molecule has 4 rings (SSSR count). The largest absolute Gasteiger partial charge is 0.0654 e. The lowest BCUT2D eigenvalue weighted by Gasteiger charge is -2.53. The Morgan fingerprint density at radius 3 is 2.43 bits per heavy atom. The van der Waals surface area contributed by atoms with Gasteiger partial charge in [-0.1, -0.05) is 95.9 Å². The van der Waals surface area contributed by atoms with E-state index in [0.717, 1.165) is 29.6 Å². The van der Waals surface area contributed by atoms with E-state index in [2.05, 4.69) is 45.9 Å². The van der Waals surface area contributed by atoms with Crippen molar-refractivity contribution in [2.24, 2.45) is 29.1 Å². The van der Waals surface area contributed by atoms with Crippen molar-refractivity contribution in [2.45, 2.75) is 124 Å². The molecule has 0 radical (unpaired) electrons.